The van der Waals surface area contributed by atoms with E-state index >= 15 is 0 Å². The Morgan fingerprint density at radius 2 is 1.07 bits per heavy atom. The van der Waals surface area contributed by atoms with Gasteiger partial charge in [0.15, 0.2) is 9.84 Å². The fourth-order valence-electron chi connectivity index (χ4n) is 2.47. The zero-order chi connectivity index (χ0) is 32.0. The number of benzene rings is 2. The Bertz CT molecular complexity index is 1360. The second kappa shape index (κ2) is 19.4. The van der Waals surface area contributed by atoms with Crippen molar-refractivity contribution in [2.45, 2.75) is 32.4 Å². The van der Waals surface area contributed by atoms with E-state index in [9.17, 15) is 26.4 Å². The van der Waals surface area contributed by atoms with Crippen LogP contribution < -0.4 is 5.73 Å². The Morgan fingerprint density at radius 1 is 0.707 bits per heavy atom. The molecule has 232 valence electrons. The molecule has 0 spiro atoms. The molecule has 18 heteroatoms. The molecule has 41 heavy (non-hydrogen) atoms. The van der Waals surface area contributed by atoms with Gasteiger partial charge < -0.3 is 15.2 Å². The molecular formula is C23H26Cl7NO8S2. The van der Waals surface area contributed by atoms with Crippen LogP contribution in [0.3, 0.4) is 0 Å². The number of nitrogens with two attached hydrogens (primary N) is 1. The Kier molecular flexibility index (Phi) is 19.0. The van der Waals surface area contributed by atoms with Gasteiger partial charge in [-0.1, -0.05) is 69.6 Å². The highest BCUT2D eigenvalue weighted by atomic mass is 35.7. The third-order valence-corrected chi connectivity index (χ3v) is 8.74. The van der Waals surface area contributed by atoms with Crippen LogP contribution in [0.2, 0.25) is 30.1 Å². The largest absolute Gasteiger partial charge is 0.466 e. The number of hydrogen-bond donors (Lipinski definition) is 1. The number of carbonyl (C=O) groups excluding carboxylic acids is 2. The monoisotopic (exact) mass is 753 g/mol. The van der Waals surface area contributed by atoms with Gasteiger partial charge in [-0.15, -0.1) is 0 Å². The SMILES string of the molecule is CCOC(=O)CCS(=O)(=O)Cc1c(Cl)cc(Cl)cc1Cl.CCOC(=O)CCS(=O)(=O)Cl.Nc1c(Cl)cc(Cl)cc1Cl. The van der Waals surface area contributed by atoms with Crippen molar-refractivity contribution < 1.29 is 35.9 Å². The number of hydrogen-bond acceptors (Lipinski definition) is 9. The quantitative estimate of drug-likeness (QED) is 0.150. The average Bonchev–Trinajstić information content (AvgIpc) is 2.83. The smallest absolute Gasteiger partial charge is 0.306 e. The molecule has 0 amide bonds. The maximum Gasteiger partial charge on any atom is 0.306 e. The van der Waals surface area contributed by atoms with Crippen LogP contribution >= 0.6 is 80.3 Å². The van der Waals surface area contributed by atoms with Gasteiger partial charge in [-0.05, 0) is 38.1 Å². The molecule has 9 nitrogen and oxygen atoms in total. The molecule has 0 aliphatic rings. The third kappa shape index (κ3) is 18.4. The van der Waals surface area contributed by atoms with Crippen molar-refractivity contribution in [3.05, 3.63) is 60.0 Å². The fraction of sp³-hybridized carbons (Fsp3) is 0.391. The Balaban J connectivity index is 0.000000643. The van der Waals surface area contributed by atoms with Gasteiger partial charge in [0.05, 0.1) is 59.0 Å². The van der Waals surface area contributed by atoms with Crippen LogP contribution in [0.25, 0.3) is 0 Å². The van der Waals surface area contributed by atoms with E-state index in [0.717, 1.165) is 0 Å². The summed E-state index contributed by atoms with van der Waals surface area (Å²) < 4.78 is 53.6. The first-order chi connectivity index (χ1) is 18.8. The summed E-state index contributed by atoms with van der Waals surface area (Å²) >= 11 is 34.5. The van der Waals surface area contributed by atoms with Gasteiger partial charge in [0.2, 0.25) is 9.05 Å². The number of carbonyl (C=O) groups is 2. The van der Waals surface area contributed by atoms with Crippen molar-refractivity contribution in [3.8, 4) is 0 Å². The summed E-state index contributed by atoms with van der Waals surface area (Å²) in [5.74, 6) is -2.13. The van der Waals surface area contributed by atoms with E-state index < -0.39 is 30.8 Å². The first-order valence-electron chi connectivity index (χ1n) is 11.3. The van der Waals surface area contributed by atoms with E-state index in [-0.39, 0.29) is 58.9 Å². The van der Waals surface area contributed by atoms with E-state index in [0.29, 0.717) is 25.8 Å². The zero-order valence-corrected chi connectivity index (χ0v) is 28.5. The van der Waals surface area contributed by atoms with E-state index in [1.807, 2.05) is 0 Å². The minimum Gasteiger partial charge on any atom is -0.466 e. The highest BCUT2D eigenvalue weighted by Crippen LogP contribution is 2.31. The van der Waals surface area contributed by atoms with Gasteiger partial charge in [-0.2, -0.15) is 0 Å². The molecular weight excluding hydrogens is 731 g/mol. The molecule has 0 aliphatic heterocycles. The maximum atomic E-state index is 11.9. The molecule has 0 heterocycles. The molecule has 2 aromatic carbocycles. The molecule has 0 unspecified atom stereocenters. The van der Waals surface area contributed by atoms with Crippen molar-refractivity contribution in [3.63, 3.8) is 0 Å². The van der Waals surface area contributed by atoms with E-state index in [4.69, 9.17) is 86.0 Å². The lowest BCUT2D eigenvalue weighted by molar-refractivity contribution is -0.143. The summed E-state index contributed by atoms with van der Waals surface area (Å²) in [5, 5.41) is 1.95. The van der Waals surface area contributed by atoms with Crippen LogP contribution in [0.15, 0.2) is 24.3 Å². The lowest BCUT2D eigenvalue weighted by Gasteiger charge is -2.09. The number of ether oxygens (including phenoxy) is 2. The third-order valence-electron chi connectivity index (χ3n) is 4.29. The molecule has 0 radical (unpaired) electrons. The number of sulfone groups is 1. The number of anilines is 1. The predicted molar refractivity (Wildman–Crippen MR) is 167 cm³/mol. The van der Waals surface area contributed by atoms with Crippen molar-refractivity contribution in [1.82, 2.24) is 0 Å². The predicted octanol–water partition coefficient (Wildman–Crippen LogP) is 7.25. The lowest BCUT2D eigenvalue weighted by atomic mass is 10.2. The summed E-state index contributed by atoms with van der Waals surface area (Å²) in [6, 6.07) is 5.94. The zero-order valence-electron chi connectivity index (χ0n) is 21.6. The maximum absolute atomic E-state index is 11.9. The molecule has 2 rings (SSSR count). The summed E-state index contributed by atoms with van der Waals surface area (Å²) in [6.45, 7) is 3.77. The van der Waals surface area contributed by atoms with Gasteiger partial charge in [-0.3, -0.25) is 9.59 Å². The number of esters is 2. The van der Waals surface area contributed by atoms with Crippen LogP contribution in [-0.4, -0.2) is 53.5 Å². The van der Waals surface area contributed by atoms with Gasteiger partial charge in [-0.25, -0.2) is 16.8 Å². The van der Waals surface area contributed by atoms with E-state index in [2.05, 4.69) is 9.47 Å². The number of rotatable bonds is 10. The molecule has 0 aromatic heterocycles. The van der Waals surface area contributed by atoms with Gasteiger partial charge in [0.25, 0.3) is 0 Å². The van der Waals surface area contributed by atoms with Crippen LogP contribution in [0.4, 0.5) is 5.69 Å². The van der Waals surface area contributed by atoms with Crippen molar-refractivity contribution in [2.24, 2.45) is 0 Å². The van der Waals surface area contributed by atoms with Crippen LogP contribution in [0.5, 0.6) is 0 Å². The number of halogens is 7. The highest BCUT2D eigenvalue weighted by Gasteiger charge is 2.19. The minimum atomic E-state index is -3.57. The highest BCUT2D eigenvalue weighted by molar-refractivity contribution is 8.13. The molecule has 0 fully saturated rings. The standard InChI is InChI=1S/C12H13Cl3O4S.C6H4Cl3N.C5H9ClO4S/c1-2-19-12(16)3-4-20(17,18)7-9-10(14)5-8(13)6-11(9)15;7-3-1-4(8)6(10)5(9)2-3;1-2-10-5(7)3-4-11(6,8)9/h5-6H,2-4,7H2,1H3;1-2H,10H2;2-4H2,1H3. The molecule has 0 aliphatic carbocycles. The fourth-order valence-corrected chi connectivity index (χ4v) is 6.41. The molecule has 0 saturated carbocycles. The molecule has 0 saturated heterocycles. The first kappa shape index (κ1) is 40.1. The van der Waals surface area contributed by atoms with Gasteiger partial charge >= 0.3 is 11.9 Å². The summed E-state index contributed by atoms with van der Waals surface area (Å²) in [5.41, 5.74) is 6.08. The Labute approximate surface area is 273 Å². The van der Waals surface area contributed by atoms with Crippen molar-refractivity contribution >= 4 is 117 Å². The molecule has 0 atom stereocenters. The van der Waals surface area contributed by atoms with E-state index in [1.54, 1.807) is 26.0 Å². The molecule has 2 aromatic rings. The molecule has 2 N–H and O–H groups in total. The normalized spacial score (nSPS) is 11.0. The van der Waals surface area contributed by atoms with Gasteiger partial charge in [0, 0.05) is 36.3 Å². The number of nitrogen functional groups attached to an aromatic ring is 1. The summed E-state index contributed by atoms with van der Waals surface area (Å²) in [7, 11) is -2.24. The Hall–Kier alpha value is -0.890. The minimum absolute atomic E-state index is 0.181. The molecule has 0 bridgehead atoms. The average molecular weight is 757 g/mol. The topological polar surface area (TPSA) is 147 Å². The van der Waals surface area contributed by atoms with Crippen LogP contribution in [0.1, 0.15) is 32.3 Å². The Morgan fingerprint density at radius 3 is 1.44 bits per heavy atom. The second-order valence-electron chi connectivity index (χ2n) is 7.58. The lowest BCUT2D eigenvalue weighted by Crippen LogP contribution is -2.15. The van der Waals surface area contributed by atoms with Gasteiger partial charge in [0.1, 0.15) is 0 Å². The van der Waals surface area contributed by atoms with Crippen molar-refractivity contribution in [1.29, 1.82) is 0 Å². The first-order valence-corrected chi connectivity index (χ1v) is 17.9. The summed E-state index contributed by atoms with van der Waals surface area (Å²) in [4.78, 5) is 21.7. The van der Waals surface area contributed by atoms with Crippen LogP contribution in [-0.2, 0) is 43.7 Å². The van der Waals surface area contributed by atoms with Crippen LogP contribution in [0, 0.1) is 0 Å². The van der Waals surface area contributed by atoms with Crippen molar-refractivity contribution in [2.75, 3.05) is 30.5 Å². The summed E-state index contributed by atoms with van der Waals surface area (Å²) in [6.07, 6.45) is -0.376. The second-order valence-corrected chi connectivity index (χ2v) is 15.2. The van der Waals surface area contributed by atoms with E-state index in [1.165, 1.54) is 12.1 Å².